The van der Waals surface area contributed by atoms with E-state index in [4.69, 9.17) is 0 Å². The molecule has 2 aromatic carbocycles. The Hall–Kier alpha value is -2.86. The minimum atomic E-state index is -0.245. The summed E-state index contributed by atoms with van der Waals surface area (Å²) in [7, 11) is 0. The Morgan fingerprint density at radius 3 is 2.47 bits per heavy atom. The van der Waals surface area contributed by atoms with E-state index in [1.165, 1.54) is 33.5 Å². The Morgan fingerprint density at radius 2 is 1.80 bits per heavy atom. The van der Waals surface area contributed by atoms with E-state index < -0.39 is 0 Å². The van der Waals surface area contributed by atoms with Crippen molar-refractivity contribution in [1.82, 2.24) is 9.55 Å². The van der Waals surface area contributed by atoms with E-state index in [0.717, 1.165) is 17.9 Å². The number of carbonyl (C=O) groups is 1. The Labute approximate surface area is 181 Å². The highest BCUT2D eigenvalue weighted by Gasteiger charge is 2.12. The molecule has 0 aliphatic heterocycles. The Morgan fingerprint density at radius 1 is 1.10 bits per heavy atom. The number of thioether (sulfide) groups is 1. The minimum Gasteiger partial charge on any atom is -0.325 e. The molecule has 30 heavy (non-hydrogen) atoms. The zero-order valence-corrected chi connectivity index (χ0v) is 18.4. The molecule has 156 valence electrons. The van der Waals surface area contributed by atoms with Crippen molar-refractivity contribution < 1.29 is 4.79 Å². The van der Waals surface area contributed by atoms with Crippen LogP contribution >= 0.6 is 11.8 Å². The highest BCUT2D eigenvalue weighted by Crippen LogP contribution is 2.18. The van der Waals surface area contributed by atoms with Crippen molar-refractivity contribution in [3.05, 3.63) is 87.8 Å². The number of nitrogens with zero attached hydrogens (tertiary/aromatic N) is 2. The third-order valence-electron chi connectivity index (χ3n) is 4.73. The summed E-state index contributed by atoms with van der Waals surface area (Å²) in [5.41, 5.74) is 3.60. The molecule has 5 nitrogen and oxygen atoms in total. The van der Waals surface area contributed by atoms with Gasteiger partial charge in [-0.2, -0.15) is 0 Å². The van der Waals surface area contributed by atoms with Gasteiger partial charge in [0, 0.05) is 23.2 Å². The van der Waals surface area contributed by atoms with Crippen molar-refractivity contribution in [1.29, 1.82) is 0 Å². The van der Waals surface area contributed by atoms with E-state index in [-0.39, 0.29) is 18.0 Å². The van der Waals surface area contributed by atoms with Gasteiger partial charge in [-0.1, -0.05) is 68.1 Å². The van der Waals surface area contributed by atoms with Gasteiger partial charge in [0.25, 0.3) is 5.56 Å². The maximum atomic E-state index is 12.6. The summed E-state index contributed by atoms with van der Waals surface area (Å²) >= 11 is 1.50. The van der Waals surface area contributed by atoms with Crippen LogP contribution < -0.4 is 10.9 Å². The summed E-state index contributed by atoms with van der Waals surface area (Å²) in [6.07, 6.45) is 0.865. The first-order valence-corrected chi connectivity index (χ1v) is 11.1. The zero-order chi connectivity index (χ0) is 21.5. The van der Waals surface area contributed by atoms with Crippen molar-refractivity contribution in [2.45, 2.75) is 44.8 Å². The minimum absolute atomic E-state index is 0.0638. The van der Waals surface area contributed by atoms with Crippen LogP contribution in [0.25, 0.3) is 0 Å². The molecule has 1 amide bonds. The van der Waals surface area contributed by atoms with E-state index in [1.54, 1.807) is 6.92 Å². The van der Waals surface area contributed by atoms with E-state index in [0.29, 0.717) is 16.8 Å². The number of rotatable bonds is 8. The number of amides is 1. The largest absolute Gasteiger partial charge is 0.325 e. The van der Waals surface area contributed by atoms with Gasteiger partial charge in [-0.3, -0.25) is 14.2 Å². The molecule has 1 aromatic heterocycles. The monoisotopic (exact) mass is 421 g/mol. The molecule has 0 aliphatic carbocycles. The average molecular weight is 422 g/mol. The van der Waals surface area contributed by atoms with Crippen LogP contribution in [0, 0.1) is 6.92 Å². The first kappa shape index (κ1) is 21.8. The van der Waals surface area contributed by atoms with Gasteiger partial charge in [0.2, 0.25) is 5.91 Å². The number of nitrogens with one attached hydrogen (secondary N) is 1. The van der Waals surface area contributed by atoms with E-state index >= 15 is 0 Å². The van der Waals surface area contributed by atoms with Crippen LogP contribution in [0.4, 0.5) is 5.69 Å². The molecule has 0 atom stereocenters. The molecule has 0 unspecified atom stereocenters. The van der Waals surface area contributed by atoms with Crippen LogP contribution in [0.15, 0.2) is 70.6 Å². The number of hydrogen-bond acceptors (Lipinski definition) is 4. The number of aryl methyl sites for hydroxylation is 2. The van der Waals surface area contributed by atoms with Gasteiger partial charge in [0.1, 0.15) is 6.54 Å². The SMILES string of the molecule is Cc1cc(=O)n(CC(=O)Nc2ccc(C(C)C)cc2)c(SCCc2ccccc2)n1. The predicted octanol–water partition coefficient (Wildman–Crippen LogP) is 4.65. The number of benzene rings is 2. The zero-order valence-electron chi connectivity index (χ0n) is 17.6. The van der Waals surface area contributed by atoms with Crippen molar-refractivity contribution in [3.63, 3.8) is 0 Å². The topological polar surface area (TPSA) is 64.0 Å². The second-order valence-corrected chi connectivity index (χ2v) is 8.58. The molecular weight excluding hydrogens is 394 g/mol. The molecule has 3 aromatic rings. The molecule has 0 saturated carbocycles. The van der Waals surface area contributed by atoms with Crippen molar-refractivity contribution >= 4 is 23.4 Å². The van der Waals surface area contributed by atoms with Gasteiger partial charge in [0.05, 0.1) is 0 Å². The molecule has 0 fully saturated rings. The van der Waals surface area contributed by atoms with Gasteiger partial charge < -0.3 is 5.32 Å². The highest BCUT2D eigenvalue weighted by molar-refractivity contribution is 7.99. The third kappa shape index (κ3) is 6.07. The first-order valence-electron chi connectivity index (χ1n) is 10.1. The molecule has 0 aliphatic rings. The maximum absolute atomic E-state index is 12.6. The second-order valence-electron chi connectivity index (χ2n) is 7.51. The summed E-state index contributed by atoms with van der Waals surface area (Å²) in [5, 5.41) is 3.44. The second kappa shape index (κ2) is 10.3. The molecule has 0 saturated heterocycles. The fraction of sp³-hybridized carbons (Fsp3) is 0.292. The van der Waals surface area contributed by atoms with Crippen LogP contribution in [-0.2, 0) is 17.8 Å². The average Bonchev–Trinajstić information content (AvgIpc) is 2.71. The molecule has 6 heteroatoms. The van der Waals surface area contributed by atoms with Crippen molar-refractivity contribution in [2.75, 3.05) is 11.1 Å². The molecular formula is C24H27N3O2S. The summed E-state index contributed by atoms with van der Waals surface area (Å²) in [6.45, 7) is 5.98. The lowest BCUT2D eigenvalue weighted by Crippen LogP contribution is -2.29. The van der Waals surface area contributed by atoms with Gasteiger partial charge >= 0.3 is 0 Å². The van der Waals surface area contributed by atoms with Crippen molar-refractivity contribution in [2.24, 2.45) is 0 Å². The summed E-state index contributed by atoms with van der Waals surface area (Å²) in [5.74, 6) is 0.963. The highest BCUT2D eigenvalue weighted by atomic mass is 32.2. The Kier molecular flexibility index (Phi) is 7.46. The normalized spacial score (nSPS) is 10.9. The van der Waals surface area contributed by atoms with Crippen LogP contribution in [0.2, 0.25) is 0 Å². The maximum Gasteiger partial charge on any atom is 0.254 e. The van der Waals surface area contributed by atoms with Gasteiger partial charge in [-0.15, -0.1) is 0 Å². The van der Waals surface area contributed by atoms with Crippen LogP contribution in [-0.4, -0.2) is 21.2 Å². The predicted molar refractivity (Wildman–Crippen MR) is 123 cm³/mol. The van der Waals surface area contributed by atoms with Crippen LogP contribution in [0.3, 0.4) is 0 Å². The van der Waals surface area contributed by atoms with E-state index in [9.17, 15) is 9.59 Å². The molecule has 0 spiro atoms. The van der Waals surface area contributed by atoms with Gasteiger partial charge in [-0.05, 0) is 42.5 Å². The quantitative estimate of drug-likeness (QED) is 0.425. The van der Waals surface area contributed by atoms with E-state index in [1.807, 2.05) is 42.5 Å². The van der Waals surface area contributed by atoms with Crippen LogP contribution in [0.1, 0.15) is 36.6 Å². The number of anilines is 1. The number of aromatic nitrogens is 2. The van der Waals surface area contributed by atoms with E-state index in [2.05, 4.69) is 36.3 Å². The lowest BCUT2D eigenvalue weighted by Gasteiger charge is -2.13. The Bertz CT molecular complexity index is 1040. The standard InChI is InChI=1S/C24H27N3O2S/c1-17(2)20-9-11-21(12-10-20)26-22(28)16-27-23(29)15-18(3)25-24(27)30-14-13-19-7-5-4-6-8-19/h4-12,15,17H,13-14,16H2,1-3H3,(H,26,28). The van der Waals surface area contributed by atoms with Gasteiger partial charge in [-0.25, -0.2) is 4.98 Å². The summed E-state index contributed by atoms with van der Waals surface area (Å²) < 4.78 is 1.44. The van der Waals surface area contributed by atoms with Crippen molar-refractivity contribution in [3.8, 4) is 0 Å². The lowest BCUT2D eigenvalue weighted by atomic mass is 10.0. The summed E-state index contributed by atoms with van der Waals surface area (Å²) in [4.78, 5) is 29.6. The Balaban J connectivity index is 1.68. The molecule has 1 heterocycles. The molecule has 1 N–H and O–H groups in total. The fourth-order valence-corrected chi connectivity index (χ4v) is 4.09. The summed E-state index contributed by atoms with van der Waals surface area (Å²) in [6, 6.07) is 19.4. The van der Waals surface area contributed by atoms with Crippen LogP contribution in [0.5, 0.6) is 0 Å². The fourth-order valence-electron chi connectivity index (χ4n) is 3.05. The van der Waals surface area contributed by atoms with Gasteiger partial charge in [0.15, 0.2) is 5.16 Å². The molecule has 0 radical (unpaired) electrons. The smallest absolute Gasteiger partial charge is 0.254 e. The molecule has 0 bridgehead atoms. The number of hydrogen-bond donors (Lipinski definition) is 1. The lowest BCUT2D eigenvalue weighted by molar-refractivity contribution is -0.116. The molecule has 3 rings (SSSR count). The number of carbonyl (C=O) groups excluding carboxylic acids is 1. The third-order valence-corrected chi connectivity index (χ3v) is 5.71. The first-order chi connectivity index (χ1) is 14.4.